The van der Waals surface area contributed by atoms with E-state index in [4.69, 9.17) is 22.1 Å². The molecule has 4 rings (SSSR count). The first kappa shape index (κ1) is 22.6. The maximum absolute atomic E-state index is 12.0. The van der Waals surface area contributed by atoms with Crippen LogP contribution in [0.4, 0.5) is 5.82 Å². The summed E-state index contributed by atoms with van der Waals surface area (Å²) in [7, 11) is -5.11. The molecule has 3 aromatic rings. The van der Waals surface area contributed by atoms with Crippen LogP contribution in [0.3, 0.4) is 0 Å². The Labute approximate surface area is 185 Å². The van der Waals surface area contributed by atoms with Gasteiger partial charge in [-0.15, -0.1) is 0 Å². The van der Waals surface area contributed by atoms with Crippen LogP contribution in [0.5, 0.6) is 0 Å². The Kier molecular flexibility index (Phi) is 6.14. The van der Waals surface area contributed by atoms with Crippen molar-refractivity contribution < 1.29 is 38.3 Å². The monoisotopic (exact) mass is 484 g/mol. The van der Waals surface area contributed by atoms with E-state index in [2.05, 4.69) is 24.0 Å². The number of benzene rings is 1. The molecule has 1 unspecified atom stereocenters. The highest BCUT2D eigenvalue weighted by Crippen LogP contribution is 2.41. The third kappa shape index (κ3) is 4.45. The number of nitrogens with two attached hydrogens (primary N) is 1. The summed E-state index contributed by atoms with van der Waals surface area (Å²) in [4.78, 5) is 35.9. The van der Waals surface area contributed by atoms with Crippen molar-refractivity contribution in [2.24, 2.45) is 0 Å². The topological polar surface area (TPSA) is 195 Å². The zero-order valence-electron chi connectivity index (χ0n) is 16.0. The van der Waals surface area contributed by atoms with Crippen LogP contribution in [-0.4, -0.2) is 60.6 Å². The second-order valence-electron chi connectivity index (χ2n) is 6.76. The van der Waals surface area contributed by atoms with Gasteiger partial charge in [0.2, 0.25) is 0 Å². The number of carbonyl (C=O) groups is 1. The molecule has 170 valence electrons. The molecule has 1 aliphatic rings. The lowest BCUT2D eigenvalue weighted by Crippen LogP contribution is -2.34. The first-order valence-electron chi connectivity index (χ1n) is 9.06. The van der Waals surface area contributed by atoms with Gasteiger partial charge in [0.25, 0.3) is 0 Å². The van der Waals surface area contributed by atoms with Gasteiger partial charge in [0.1, 0.15) is 30.2 Å². The SMILES string of the molecule is Nc1ncnc2c1ncn2[C@@H]1O[C@H](COP(=O)([O-])OC(=O)c2ccc(Cl)cc2)[C@@H](O)[C@H]1O. The number of aromatic nitrogens is 4. The van der Waals surface area contributed by atoms with Crippen LogP contribution >= 0.6 is 19.4 Å². The molecule has 1 aliphatic heterocycles. The molecule has 1 saturated heterocycles. The predicted molar refractivity (Wildman–Crippen MR) is 106 cm³/mol. The lowest BCUT2D eigenvalue weighted by atomic mass is 10.1. The van der Waals surface area contributed by atoms with Crippen LogP contribution in [0.25, 0.3) is 11.2 Å². The number of phosphoric acid groups is 1. The molecule has 5 atom stereocenters. The number of aliphatic hydroxyl groups is 2. The zero-order chi connectivity index (χ0) is 23.0. The van der Waals surface area contributed by atoms with E-state index >= 15 is 0 Å². The van der Waals surface area contributed by atoms with Gasteiger partial charge in [0, 0.05) is 5.02 Å². The number of ether oxygens (including phenoxy) is 1. The van der Waals surface area contributed by atoms with Crippen molar-refractivity contribution in [2.45, 2.75) is 24.5 Å². The molecule has 2 aromatic heterocycles. The number of hydrogen-bond donors (Lipinski definition) is 3. The molecule has 3 heterocycles. The summed E-state index contributed by atoms with van der Waals surface area (Å²) < 4.78 is 28.0. The fourth-order valence-electron chi connectivity index (χ4n) is 3.08. The van der Waals surface area contributed by atoms with E-state index in [1.807, 2.05) is 0 Å². The van der Waals surface area contributed by atoms with E-state index in [-0.39, 0.29) is 22.5 Å². The van der Waals surface area contributed by atoms with Crippen LogP contribution in [0, 0.1) is 0 Å². The lowest BCUT2D eigenvalue weighted by Gasteiger charge is -2.24. The minimum Gasteiger partial charge on any atom is -0.746 e. The number of aliphatic hydroxyl groups excluding tert-OH is 2. The number of anilines is 1. The van der Waals surface area contributed by atoms with Crippen molar-refractivity contribution >= 4 is 42.4 Å². The van der Waals surface area contributed by atoms with Crippen LogP contribution in [-0.2, 0) is 18.3 Å². The molecule has 0 saturated carbocycles. The number of phosphoric ester groups is 1. The Balaban J connectivity index is 1.42. The Morgan fingerprint density at radius 3 is 2.69 bits per heavy atom. The van der Waals surface area contributed by atoms with Crippen molar-refractivity contribution in [3.05, 3.63) is 47.5 Å². The number of hydrogen-bond acceptors (Lipinski definition) is 12. The van der Waals surface area contributed by atoms with Crippen LogP contribution in [0.1, 0.15) is 16.6 Å². The molecule has 0 spiro atoms. The number of imidazole rings is 1. The van der Waals surface area contributed by atoms with Gasteiger partial charge in [-0.1, -0.05) is 11.6 Å². The van der Waals surface area contributed by atoms with Crippen LogP contribution in [0.2, 0.25) is 5.02 Å². The summed E-state index contributed by atoms with van der Waals surface area (Å²) in [6, 6.07) is 5.33. The summed E-state index contributed by atoms with van der Waals surface area (Å²) in [6.07, 6.45) is -2.96. The zero-order valence-corrected chi connectivity index (χ0v) is 17.7. The normalized spacial score (nSPS) is 25.0. The van der Waals surface area contributed by atoms with Gasteiger partial charge in [0.05, 0.1) is 18.5 Å². The fourth-order valence-corrected chi connectivity index (χ4v) is 3.90. The average Bonchev–Trinajstić information content (AvgIpc) is 3.29. The molecular weight excluding hydrogens is 469 g/mol. The molecule has 0 radical (unpaired) electrons. The minimum absolute atomic E-state index is 0.0602. The van der Waals surface area contributed by atoms with Crippen molar-refractivity contribution in [2.75, 3.05) is 12.3 Å². The number of nitrogens with zero attached hydrogens (tertiary/aromatic N) is 4. The largest absolute Gasteiger partial charge is 0.746 e. The molecule has 32 heavy (non-hydrogen) atoms. The number of fused-ring (bicyclic) bond motifs is 1. The van der Waals surface area contributed by atoms with E-state index in [0.717, 1.165) is 0 Å². The van der Waals surface area contributed by atoms with Gasteiger partial charge in [0.15, 0.2) is 17.7 Å². The Morgan fingerprint density at radius 2 is 1.97 bits per heavy atom. The fraction of sp³-hybridized carbons (Fsp3) is 0.294. The smallest absolute Gasteiger partial charge is 0.343 e. The van der Waals surface area contributed by atoms with Gasteiger partial charge in [-0.05, 0) is 24.3 Å². The summed E-state index contributed by atoms with van der Waals surface area (Å²) in [5.41, 5.74) is 6.17. The van der Waals surface area contributed by atoms with Gasteiger partial charge in [-0.25, -0.2) is 19.7 Å². The standard InChI is InChI=1S/C17H17ClN5O8P/c18-9-3-1-8(2-4-9)17(26)31-32(27,28)29-5-10-12(24)13(25)16(30-10)23-7-22-11-14(19)20-6-21-15(11)23/h1-4,6-7,10,12-13,16,24-25H,5H2,(H,27,28)(H2,19,20,21)/p-1/t10-,12-,13-,16-/m1/s1. The Morgan fingerprint density at radius 1 is 1.25 bits per heavy atom. The third-order valence-electron chi connectivity index (χ3n) is 4.67. The number of halogens is 1. The molecule has 1 aromatic carbocycles. The number of carbonyl (C=O) groups excluding carboxylic acids is 1. The highest BCUT2D eigenvalue weighted by molar-refractivity contribution is 7.46. The highest BCUT2D eigenvalue weighted by Gasteiger charge is 2.45. The highest BCUT2D eigenvalue weighted by atomic mass is 35.5. The van der Waals surface area contributed by atoms with Gasteiger partial charge >= 0.3 is 13.8 Å². The lowest BCUT2D eigenvalue weighted by molar-refractivity contribution is -0.222. The van der Waals surface area contributed by atoms with Crippen molar-refractivity contribution in [3.8, 4) is 0 Å². The van der Waals surface area contributed by atoms with Crippen molar-refractivity contribution in [1.29, 1.82) is 0 Å². The average molecular weight is 485 g/mol. The van der Waals surface area contributed by atoms with Crippen LogP contribution in [0.15, 0.2) is 36.9 Å². The van der Waals surface area contributed by atoms with Gasteiger partial charge in [-0.2, -0.15) is 0 Å². The minimum atomic E-state index is -5.11. The van der Waals surface area contributed by atoms with Crippen molar-refractivity contribution in [1.82, 2.24) is 19.5 Å². The summed E-state index contributed by atoms with van der Waals surface area (Å²) >= 11 is 5.72. The molecule has 4 N–H and O–H groups in total. The third-order valence-corrected chi connectivity index (χ3v) is 5.78. The van der Waals surface area contributed by atoms with Crippen LogP contribution < -0.4 is 10.6 Å². The second kappa shape index (κ2) is 8.71. The maximum Gasteiger partial charge on any atom is 0.343 e. The summed E-state index contributed by atoms with van der Waals surface area (Å²) in [5, 5.41) is 21.0. The quantitative estimate of drug-likeness (QED) is 0.397. The first-order chi connectivity index (χ1) is 15.2. The van der Waals surface area contributed by atoms with E-state index in [9.17, 15) is 24.5 Å². The molecule has 1 fully saturated rings. The number of rotatable bonds is 6. The maximum atomic E-state index is 12.0. The van der Waals surface area contributed by atoms with E-state index in [1.54, 1.807) is 0 Å². The Bertz CT molecular complexity index is 1190. The van der Waals surface area contributed by atoms with Gasteiger partial charge in [-0.3, -0.25) is 9.13 Å². The van der Waals surface area contributed by atoms with E-state index in [0.29, 0.717) is 5.02 Å². The van der Waals surface area contributed by atoms with E-state index in [1.165, 1.54) is 41.5 Å². The second-order valence-corrected chi connectivity index (χ2v) is 8.53. The number of nitrogen functional groups attached to an aromatic ring is 1. The summed E-state index contributed by atoms with van der Waals surface area (Å²) in [5.74, 6) is -1.07. The molecule has 0 aliphatic carbocycles. The Hall–Kier alpha value is -2.64. The molecule has 0 amide bonds. The molecule has 13 nitrogen and oxygen atoms in total. The molecule has 15 heteroatoms. The molecule has 0 bridgehead atoms. The van der Waals surface area contributed by atoms with Crippen molar-refractivity contribution in [3.63, 3.8) is 0 Å². The first-order valence-corrected chi connectivity index (χ1v) is 10.9. The molecular formula is C17H16ClN5O8P-. The predicted octanol–water partition coefficient (Wildman–Crippen LogP) is 0.0231. The van der Waals surface area contributed by atoms with Gasteiger partial charge < -0.3 is 34.6 Å². The van der Waals surface area contributed by atoms with E-state index < -0.39 is 44.9 Å². The summed E-state index contributed by atoms with van der Waals surface area (Å²) in [6.45, 7) is -0.729.